The third-order valence-electron chi connectivity index (χ3n) is 3.46. The van der Waals surface area contributed by atoms with Gasteiger partial charge in [0.15, 0.2) is 0 Å². The van der Waals surface area contributed by atoms with Crippen LogP contribution >= 0.6 is 0 Å². The highest BCUT2D eigenvalue weighted by Crippen LogP contribution is 2.23. The summed E-state index contributed by atoms with van der Waals surface area (Å²) in [5.41, 5.74) is 2.47. The van der Waals surface area contributed by atoms with Crippen molar-refractivity contribution in [3.05, 3.63) is 48.1 Å². The molecule has 0 amide bonds. The number of esters is 1. The number of hydrogen-bond acceptors (Lipinski definition) is 3. The highest BCUT2D eigenvalue weighted by molar-refractivity contribution is 5.71. The molecule has 0 saturated carbocycles. The van der Waals surface area contributed by atoms with Gasteiger partial charge >= 0.3 is 5.97 Å². The first-order chi connectivity index (χ1) is 10.7. The first-order valence-electron chi connectivity index (χ1n) is 7.78. The van der Waals surface area contributed by atoms with E-state index in [4.69, 9.17) is 4.74 Å². The Morgan fingerprint density at radius 1 is 1.14 bits per heavy atom. The van der Waals surface area contributed by atoms with Crippen LogP contribution in [0.5, 0.6) is 5.75 Å². The molecule has 1 rings (SSSR count). The van der Waals surface area contributed by atoms with Crippen LogP contribution in [0.2, 0.25) is 0 Å². The second-order valence-corrected chi connectivity index (χ2v) is 5.09. The number of methoxy groups -OCH3 is 2. The van der Waals surface area contributed by atoms with E-state index in [1.54, 1.807) is 7.11 Å². The van der Waals surface area contributed by atoms with Crippen LogP contribution in [-0.2, 0) is 9.53 Å². The summed E-state index contributed by atoms with van der Waals surface area (Å²) in [4.78, 5) is 11.1. The molecule has 0 unspecified atom stereocenters. The molecular weight excluding hydrogens is 276 g/mol. The van der Waals surface area contributed by atoms with Crippen LogP contribution in [0, 0.1) is 0 Å². The molecule has 0 aromatic heterocycles. The molecule has 120 valence electrons. The van der Waals surface area contributed by atoms with Crippen molar-refractivity contribution in [3.8, 4) is 5.75 Å². The summed E-state index contributed by atoms with van der Waals surface area (Å²) in [5, 5.41) is 0. The number of carbonyl (C=O) groups is 1. The highest BCUT2D eigenvalue weighted by atomic mass is 16.5. The summed E-state index contributed by atoms with van der Waals surface area (Å²) < 4.78 is 9.82. The van der Waals surface area contributed by atoms with E-state index in [-0.39, 0.29) is 5.97 Å². The molecule has 0 aliphatic heterocycles. The van der Waals surface area contributed by atoms with Gasteiger partial charge in [-0.15, -0.1) is 0 Å². The van der Waals surface area contributed by atoms with Gasteiger partial charge in [0.2, 0.25) is 0 Å². The lowest BCUT2D eigenvalue weighted by Gasteiger charge is -2.08. The average Bonchev–Trinajstić information content (AvgIpc) is 2.57. The summed E-state index contributed by atoms with van der Waals surface area (Å²) in [7, 11) is 3.07. The zero-order valence-electron chi connectivity index (χ0n) is 13.8. The monoisotopic (exact) mass is 302 g/mol. The van der Waals surface area contributed by atoms with Crippen molar-refractivity contribution >= 4 is 11.5 Å². The second-order valence-electron chi connectivity index (χ2n) is 5.09. The zero-order valence-corrected chi connectivity index (χ0v) is 13.8. The minimum Gasteiger partial charge on any atom is -0.497 e. The van der Waals surface area contributed by atoms with E-state index in [1.807, 2.05) is 24.3 Å². The van der Waals surface area contributed by atoms with E-state index in [9.17, 15) is 4.79 Å². The minimum absolute atomic E-state index is 0.221. The fourth-order valence-electron chi connectivity index (χ4n) is 2.13. The van der Waals surface area contributed by atoms with Crippen LogP contribution in [0.3, 0.4) is 0 Å². The van der Waals surface area contributed by atoms with Gasteiger partial charge in [0.25, 0.3) is 0 Å². The Kier molecular flexibility index (Phi) is 8.73. The Hall–Kier alpha value is -2.03. The summed E-state index contributed by atoms with van der Waals surface area (Å²) in [6.45, 7) is 2.20. The molecule has 0 saturated heterocycles. The molecule has 3 nitrogen and oxygen atoms in total. The van der Waals surface area contributed by atoms with Crippen LogP contribution in [0.25, 0.3) is 5.57 Å². The molecule has 1 aromatic carbocycles. The molecule has 0 bridgehead atoms. The van der Waals surface area contributed by atoms with Crippen molar-refractivity contribution in [2.75, 3.05) is 14.2 Å². The Labute approximate surface area is 133 Å². The van der Waals surface area contributed by atoms with E-state index in [0.29, 0.717) is 6.42 Å². The second kappa shape index (κ2) is 10.7. The van der Waals surface area contributed by atoms with E-state index >= 15 is 0 Å². The van der Waals surface area contributed by atoms with Crippen LogP contribution in [-0.4, -0.2) is 20.2 Å². The largest absolute Gasteiger partial charge is 0.497 e. The molecular formula is C19H26O3. The Bertz CT molecular complexity index is 498. The van der Waals surface area contributed by atoms with E-state index < -0.39 is 0 Å². The summed E-state index contributed by atoms with van der Waals surface area (Å²) in [6.07, 6.45) is 10.8. The smallest absolute Gasteiger partial charge is 0.309 e. The fourth-order valence-corrected chi connectivity index (χ4v) is 2.13. The van der Waals surface area contributed by atoms with Gasteiger partial charge < -0.3 is 9.47 Å². The summed E-state index contributed by atoms with van der Waals surface area (Å²) in [6, 6.07) is 8.10. The standard InChI is InChI=1S/C19H26O3/c1-4-5-6-9-16(10-7-8-11-19(20)22-3)17-12-14-18(21-2)15-13-17/h7-8,10,12-15H,4-6,9,11H2,1-3H3/b8-7+,16-10-. The van der Waals surface area contributed by atoms with Crippen molar-refractivity contribution in [1.29, 1.82) is 0 Å². The lowest BCUT2D eigenvalue weighted by atomic mass is 9.99. The highest BCUT2D eigenvalue weighted by Gasteiger charge is 2.02. The molecule has 0 radical (unpaired) electrons. The van der Waals surface area contributed by atoms with Gasteiger partial charge in [-0.05, 0) is 36.1 Å². The molecule has 0 aliphatic carbocycles. The van der Waals surface area contributed by atoms with Gasteiger partial charge in [-0.2, -0.15) is 0 Å². The predicted octanol–water partition coefficient (Wildman–Crippen LogP) is 4.78. The van der Waals surface area contributed by atoms with Gasteiger partial charge in [-0.3, -0.25) is 4.79 Å². The van der Waals surface area contributed by atoms with Gasteiger partial charge in [0.05, 0.1) is 20.6 Å². The van der Waals surface area contributed by atoms with Gasteiger partial charge in [-0.1, -0.05) is 50.1 Å². The molecule has 3 heteroatoms. The first-order valence-corrected chi connectivity index (χ1v) is 7.78. The maximum absolute atomic E-state index is 11.1. The average molecular weight is 302 g/mol. The Morgan fingerprint density at radius 3 is 2.45 bits per heavy atom. The molecule has 0 atom stereocenters. The van der Waals surface area contributed by atoms with Crippen molar-refractivity contribution in [2.24, 2.45) is 0 Å². The van der Waals surface area contributed by atoms with Crippen molar-refractivity contribution < 1.29 is 14.3 Å². The minimum atomic E-state index is -0.221. The molecule has 1 aromatic rings. The van der Waals surface area contributed by atoms with Crippen molar-refractivity contribution in [3.63, 3.8) is 0 Å². The lowest BCUT2D eigenvalue weighted by molar-refractivity contribution is -0.139. The topological polar surface area (TPSA) is 35.5 Å². The number of rotatable bonds is 9. The number of carbonyl (C=O) groups excluding carboxylic acids is 1. The Balaban J connectivity index is 2.79. The summed E-state index contributed by atoms with van der Waals surface area (Å²) >= 11 is 0. The predicted molar refractivity (Wildman–Crippen MR) is 90.9 cm³/mol. The number of unbranched alkanes of at least 4 members (excludes halogenated alkanes) is 2. The first kappa shape index (κ1) is 18.0. The van der Waals surface area contributed by atoms with Crippen molar-refractivity contribution in [1.82, 2.24) is 0 Å². The third kappa shape index (κ3) is 6.61. The molecule has 22 heavy (non-hydrogen) atoms. The third-order valence-corrected chi connectivity index (χ3v) is 3.46. The van der Waals surface area contributed by atoms with Crippen LogP contribution < -0.4 is 4.74 Å². The van der Waals surface area contributed by atoms with Crippen LogP contribution in [0.4, 0.5) is 0 Å². The van der Waals surface area contributed by atoms with E-state index in [1.165, 1.54) is 37.5 Å². The van der Waals surface area contributed by atoms with Crippen molar-refractivity contribution in [2.45, 2.75) is 39.0 Å². The molecule has 0 spiro atoms. The normalized spacial score (nSPS) is 11.7. The van der Waals surface area contributed by atoms with Crippen LogP contribution in [0.1, 0.15) is 44.6 Å². The summed E-state index contributed by atoms with van der Waals surface area (Å²) in [5.74, 6) is 0.638. The fraction of sp³-hybridized carbons (Fsp3) is 0.421. The number of hydrogen-bond donors (Lipinski definition) is 0. The lowest BCUT2D eigenvalue weighted by Crippen LogP contribution is -1.96. The van der Waals surface area contributed by atoms with Gasteiger partial charge in [-0.25, -0.2) is 0 Å². The number of allylic oxidation sites excluding steroid dienone is 3. The molecule has 0 N–H and O–H groups in total. The van der Waals surface area contributed by atoms with E-state index in [2.05, 4.69) is 29.9 Å². The van der Waals surface area contributed by atoms with Gasteiger partial charge in [0.1, 0.15) is 5.75 Å². The SMILES string of the molecule is CCCCC/C(=C/C=C/CC(=O)OC)c1ccc(OC)cc1. The number of benzene rings is 1. The van der Waals surface area contributed by atoms with E-state index in [0.717, 1.165) is 12.2 Å². The van der Waals surface area contributed by atoms with Crippen LogP contribution in [0.15, 0.2) is 42.5 Å². The maximum atomic E-state index is 11.1. The quantitative estimate of drug-likeness (QED) is 0.374. The zero-order chi connectivity index (χ0) is 16.2. The molecule has 0 heterocycles. The number of ether oxygens (including phenoxy) is 2. The molecule has 0 aliphatic rings. The Morgan fingerprint density at radius 2 is 1.86 bits per heavy atom. The maximum Gasteiger partial charge on any atom is 0.309 e. The van der Waals surface area contributed by atoms with Gasteiger partial charge in [0, 0.05) is 0 Å². The molecule has 0 fully saturated rings.